The molecule has 0 spiro atoms. The molecule has 6 nitrogen and oxygen atoms in total. The average molecular weight is 464 g/mol. The Labute approximate surface area is 203 Å². The van der Waals surface area contributed by atoms with Gasteiger partial charge in [-0.2, -0.15) is 4.80 Å². The molecule has 1 atom stereocenters. The van der Waals surface area contributed by atoms with Gasteiger partial charge in [-0.25, -0.2) is 0 Å². The molecule has 1 aromatic heterocycles. The summed E-state index contributed by atoms with van der Waals surface area (Å²) in [7, 11) is 0. The minimum atomic E-state index is -1.10. The Hall–Kier alpha value is -1.46. The van der Waals surface area contributed by atoms with Crippen LogP contribution in [-0.2, 0) is 11.2 Å². The molecule has 0 radical (unpaired) electrons. The number of aromatic nitrogens is 4. The predicted molar refractivity (Wildman–Crippen MR) is 134 cm³/mol. The first-order chi connectivity index (χ1) is 16.2. The Kier molecular flexibility index (Phi) is 18.9. The van der Waals surface area contributed by atoms with Gasteiger partial charge in [-0.15, -0.1) is 10.2 Å². The number of aliphatic carboxylic acids is 1. The molecule has 33 heavy (non-hydrogen) atoms. The number of carboxylic acids is 1. The SMILES string of the molecule is CCCCCCCCCCCCc1nnn(C(CCCCCCCCCCCC)C(=O)[O-])n1. The topological polar surface area (TPSA) is 83.7 Å². The number of unbranched alkanes of at least 4 members (excludes halogenated alkanes) is 18. The first-order valence-corrected chi connectivity index (χ1v) is 14.2. The number of hydrogen-bond donors (Lipinski definition) is 0. The van der Waals surface area contributed by atoms with Gasteiger partial charge >= 0.3 is 0 Å². The molecule has 0 fully saturated rings. The lowest BCUT2D eigenvalue weighted by Gasteiger charge is -2.16. The third-order valence-corrected chi connectivity index (χ3v) is 6.61. The zero-order valence-corrected chi connectivity index (χ0v) is 21.7. The van der Waals surface area contributed by atoms with Crippen molar-refractivity contribution in [2.24, 2.45) is 0 Å². The number of carbonyl (C=O) groups is 1. The Morgan fingerprint density at radius 3 is 1.58 bits per heavy atom. The highest BCUT2D eigenvalue weighted by Crippen LogP contribution is 2.17. The van der Waals surface area contributed by atoms with Crippen LogP contribution in [0.1, 0.15) is 161 Å². The van der Waals surface area contributed by atoms with Crippen LogP contribution in [-0.4, -0.2) is 26.2 Å². The molecule has 0 amide bonds. The molecule has 0 aliphatic heterocycles. The Balaban J connectivity index is 2.12. The highest BCUT2D eigenvalue weighted by molar-refractivity contribution is 5.69. The summed E-state index contributed by atoms with van der Waals surface area (Å²) in [5, 5.41) is 24.1. The largest absolute Gasteiger partial charge is 0.548 e. The molecule has 0 aliphatic carbocycles. The van der Waals surface area contributed by atoms with Crippen molar-refractivity contribution in [1.82, 2.24) is 20.2 Å². The number of carboxylic acid groups (broad SMARTS) is 1. The number of carbonyl (C=O) groups excluding carboxylic acids is 1. The molecule has 0 aromatic carbocycles. The lowest BCUT2D eigenvalue weighted by Crippen LogP contribution is -2.34. The van der Waals surface area contributed by atoms with Crippen molar-refractivity contribution in [1.29, 1.82) is 0 Å². The van der Waals surface area contributed by atoms with Crippen LogP contribution in [0.4, 0.5) is 0 Å². The Morgan fingerprint density at radius 1 is 0.697 bits per heavy atom. The monoisotopic (exact) mass is 463 g/mol. The van der Waals surface area contributed by atoms with E-state index in [1.54, 1.807) is 0 Å². The predicted octanol–water partition coefficient (Wildman–Crippen LogP) is 6.74. The molecule has 192 valence electrons. The van der Waals surface area contributed by atoms with Crippen molar-refractivity contribution < 1.29 is 9.90 Å². The molecule has 0 bridgehead atoms. The number of tetrazole rings is 1. The van der Waals surface area contributed by atoms with E-state index in [9.17, 15) is 9.90 Å². The second-order valence-electron chi connectivity index (χ2n) is 9.76. The first kappa shape index (κ1) is 29.6. The third kappa shape index (κ3) is 15.9. The minimum absolute atomic E-state index is 0.521. The van der Waals surface area contributed by atoms with Crippen molar-refractivity contribution >= 4 is 5.97 Å². The highest BCUT2D eigenvalue weighted by Gasteiger charge is 2.16. The van der Waals surface area contributed by atoms with E-state index in [4.69, 9.17) is 0 Å². The average Bonchev–Trinajstić information content (AvgIpc) is 3.27. The van der Waals surface area contributed by atoms with Gasteiger partial charge < -0.3 is 9.90 Å². The molecular formula is C27H51N4O2-. The molecule has 0 saturated carbocycles. The zero-order valence-electron chi connectivity index (χ0n) is 21.7. The van der Waals surface area contributed by atoms with E-state index in [1.807, 2.05) is 0 Å². The van der Waals surface area contributed by atoms with Crippen LogP contribution in [0.25, 0.3) is 0 Å². The fourth-order valence-corrected chi connectivity index (χ4v) is 4.41. The van der Waals surface area contributed by atoms with E-state index in [1.165, 1.54) is 114 Å². The molecule has 0 N–H and O–H groups in total. The summed E-state index contributed by atoms with van der Waals surface area (Å²) >= 11 is 0. The van der Waals surface area contributed by atoms with Gasteiger partial charge in [0.15, 0.2) is 5.82 Å². The van der Waals surface area contributed by atoms with Gasteiger partial charge in [-0.3, -0.25) is 0 Å². The summed E-state index contributed by atoms with van der Waals surface area (Å²) in [6.07, 6.45) is 26.5. The van der Waals surface area contributed by atoms with Crippen molar-refractivity contribution in [3.8, 4) is 0 Å². The maximum Gasteiger partial charge on any atom is 0.174 e. The van der Waals surface area contributed by atoms with Crippen molar-refractivity contribution in [2.75, 3.05) is 0 Å². The van der Waals surface area contributed by atoms with Crippen LogP contribution in [0.3, 0.4) is 0 Å². The zero-order chi connectivity index (χ0) is 24.0. The van der Waals surface area contributed by atoms with E-state index in [2.05, 4.69) is 29.3 Å². The first-order valence-electron chi connectivity index (χ1n) is 14.2. The van der Waals surface area contributed by atoms with E-state index in [0.717, 1.165) is 25.7 Å². The molecular weight excluding hydrogens is 412 g/mol. The van der Waals surface area contributed by atoms with Crippen LogP contribution in [0.15, 0.2) is 0 Å². The number of aryl methyl sites for hydroxylation is 1. The van der Waals surface area contributed by atoms with Crippen LogP contribution in [0, 0.1) is 0 Å². The van der Waals surface area contributed by atoms with E-state index < -0.39 is 12.0 Å². The van der Waals surface area contributed by atoms with Gasteiger partial charge in [-0.05, 0) is 18.1 Å². The summed E-state index contributed by atoms with van der Waals surface area (Å²) in [5.74, 6) is -0.447. The van der Waals surface area contributed by atoms with E-state index in [0.29, 0.717) is 12.2 Å². The quantitative estimate of drug-likeness (QED) is 0.159. The highest BCUT2D eigenvalue weighted by atomic mass is 16.4. The van der Waals surface area contributed by atoms with Crippen LogP contribution in [0.2, 0.25) is 0 Å². The molecule has 0 saturated heterocycles. The summed E-state index contributed by atoms with van der Waals surface area (Å²) in [6.45, 7) is 4.50. The Morgan fingerprint density at radius 2 is 1.12 bits per heavy atom. The van der Waals surface area contributed by atoms with Crippen molar-refractivity contribution in [2.45, 2.75) is 161 Å². The standard InChI is InChI=1S/C27H52N4O2/c1-3-5-7-9-11-13-15-17-19-21-23-25(27(32)33)31-29-26(28-30-31)24-22-20-18-16-14-12-10-8-6-4-2/h25H,3-24H2,1-2H3,(H,32,33)/p-1. The van der Waals surface area contributed by atoms with Crippen molar-refractivity contribution in [3.63, 3.8) is 0 Å². The summed E-state index contributed by atoms with van der Waals surface area (Å²) in [4.78, 5) is 12.9. The normalized spacial score (nSPS) is 12.3. The summed E-state index contributed by atoms with van der Waals surface area (Å²) in [5.41, 5.74) is 0. The molecule has 1 unspecified atom stereocenters. The third-order valence-electron chi connectivity index (χ3n) is 6.61. The van der Waals surface area contributed by atoms with Gasteiger partial charge in [0.2, 0.25) is 0 Å². The minimum Gasteiger partial charge on any atom is -0.548 e. The number of nitrogens with zero attached hydrogens (tertiary/aromatic N) is 4. The Bertz CT molecular complexity index is 576. The van der Waals surface area contributed by atoms with Gasteiger partial charge in [-0.1, -0.05) is 136 Å². The van der Waals surface area contributed by atoms with Gasteiger partial charge in [0, 0.05) is 6.42 Å². The molecule has 1 rings (SSSR count). The molecule has 1 aromatic rings. The van der Waals surface area contributed by atoms with Crippen LogP contribution < -0.4 is 5.11 Å². The van der Waals surface area contributed by atoms with E-state index >= 15 is 0 Å². The lowest BCUT2D eigenvalue weighted by molar-refractivity contribution is -0.311. The lowest BCUT2D eigenvalue weighted by atomic mass is 10.0. The van der Waals surface area contributed by atoms with Gasteiger partial charge in [0.25, 0.3) is 0 Å². The number of rotatable bonds is 24. The summed E-state index contributed by atoms with van der Waals surface area (Å²) < 4.78 is 0. The van der Waals surface area contributed by atoms with Crippen LogP contribution >= 0.6 is 0 Å². The number of hydrogen-bond acceptors (Lipinski definition) is 5. The second-order valence-corrected chi connectivity index (χ2v) is 9.76. The van der Waals surface area contributed by atoms with Crippen LogP contribution in [0.5, 0.6) is 0 Å². The second kappa shape index (κ2) is 21.1. The molecule has 6 heteroatoms. The summed E-state index contributed by atoms with van der Waals surface area (Å²) in [6, 6.07) is -0.798. The van der Waals surface area contributed by atoms with Gasteiger partial charge in [0.1, 0.15) is 6.04 Å². The molecule has 0 aliphatic rings. The van der Waals surface area contributed by atoms with Gasteiger partial charge in [0.05, 0.1) is 5.97 Å². The molecule has 1 heterocycles. The van der Waals surface area contributed by atoms with E-state index in [-0.39, 0.29) is 0 Å². The maximum absolute atomic E-state index is 11.6. The fourth-order valence-electron chi connectivity index (χ4n) is 4.41. The smallest absolute Gasteiger partial charge is 0.174 e. The fraction of sp³-hybridized carbons (Fsp3) is 0.926. The maximum atomic E-state index is 11.6. The van der Waals surface area contributed by atoms with Crippen molar-refractivity contribution in [3.05, 3.63) is 5.82 Å².